The van der Waals surface area contributed by atoms with Crippen molar-refractivity contribution in [3.8, 4) is 11.8 Å². The molecule has 6 nitrogen and oxygen atoms in total. The Hall–Kier alpha value is -3.17. The lowest BCUT2D eigenvalue weighted by Gasteiger charge is -2.16. The molecule has 7 heteroatoms. The second-order valence-electron chi connectivity index (χ2n) is 5.87. The van der Waals surface area contributed by atoms with Crippen molar-refractivity contribution in [1.82, 2.24) is 19.9 Å². The number of rotatable bonds is 4. The molecule has 0 N–H and O–H groups in total. The third-order valence-electron chi connectivity index (χ3n) is 3.87. The maximum atomic E-state index is 12.7. The van der Waals surface area contributed by atoms with E-state index in [0.717, 1.165) is 5.56 Å². The Kier molecular flexibility index (Phi) is 5.01. The minimum absolute atomic E-state index is 0.222. The molecule has 0 spiro atoms. The van der Waals surface area contributed by atoms with Gasteiger partial charge in [0, 0.05) is 18.6 Å². The number of nitrogens with zero attached hydrogens (tertiary/aromatic N) is 5. The summed E-state index contributed by atoms with van der Waals surface area (Å²) in [6.45, 7) is 2.16. The van der Waals surface area contributed by atoms with Crippen LogP contribution in [0, 0.1) is 18.3 Å². The Labute approximate surface area is 156 Å². The Morgan fingerprint density at radius 3 is 2.62 bits per heavy atom. The lowest BCUT2D eigenvalue weighted by Crippen LogP contribution is -2.27. The standard InChI is InChI=1S/C19H16ClN5O/c1-13-18(23-25(22-13)17-5-3-4-16(20)10-17)19(26)24(2)12-15-8-6-14(11-21)7-9-15/h3-10H,12H2,1-2H3. The summed E-state index contributed by atoms with van der Waals surface area (Å²) in [5.74, 6) is -0.222. The first-order chi connectivity index (χ1) is 12.5. The fourth-order valence-corrected chi connectivity index (χ4v) is 2.69. The second-order valence-corrected chi connectivity index (χ2v) is 6.31. The molecule has 0 aliphatic heterocycles. The number of hydrogen-bond donors (Lipinski definition) is 0. The molecule has 26 heavy (non-hydrogen) atoms. The smallest absolute Gasteiger partial charge is 0.276 e. The highest BCUT2D eigenvalue weighted by Crippen LogP contribution is 2.16. The van der Waals surface area contributed by atoms with Crippen molar-refractivity contribution in [3.63, 3.8) is 0 Å². The first-order valence-electron chi connectivity index (χ1n) is 7.92. The van der Waals surface area contributed by atoms with Crippen molar-refractivity contribution in [1.29, 1.82) is 5.26 Å². The minimum atomic E-state index is -0.222. The Balaban J connectivity index is 1.79. The van der Waals surface area contributed by atoms with Crippen LogP contribution in [0.4, 0.5) is 0 Å². The van der Waals surface area contributed by atoms with Crippen molar-refractivity contribution in [3.05, 3.63) is 76.1 Å². The molecule has 1 heterocycles. The van der Waals surface area contributed by atoms with E-state index in [-0.39, 0.29) is 5.91 Å². The maximum Gasteiger partial charge on any atom is 0.276 e. The van der Waals surface area contributed by atoms with Gasteiger partial charge in [0.1, 0.15) is 0 Å². The molecule has 0 fully saturated rings. The largest absolute Gasteiger partial charge is 0.336 e. The Bertz CT molecular complexity index is 988. The summed E-state index contributed by atoms with van der Waals surface area (Å²) in [4.78, 5) is 15.7. The number of amides is 1. The van der Waals surface area contributed by atoms with Crippen LogP contribution in [0.2, 0.25) is 5.02 Å². The monoisotopic (exact) mass is 365 g/mol. The number of hydrogen-bond acceptors (Lipinski definition) is 4. The molecular weight excluding hydrogens is 350 g/mol. The third kappa shape index (κ3) is 3.73. The summed E-state index contributed by atoms with van der Waals surface area (Å²) in [6, 6.07) is 16.3. The van der Waals surface area contributed by atoms with Crippen LogP contribution in [0.5, 0.6) is 0 Å². The number of benzene rings is 2. The van der Waals surface area contributed by atoms with Crippen molar-refractivity contribution in [2.24, 2.45) is 0 Å². The predicted octanol–water partition coefficient (Wildman–Crippen LogP) is 3.37. The molecule has 3 rings (SSSR count). The number of halogens is 1. The summed E-state index contributed by atoms with van der Waals surface area (Å²) in [5, 5.41) is 18.1. The van der Waals surface area contributed by atoms with Crippen LogP contribution in [0.3, 0.4) is 0 Å². The lowest BCUT2D eigenvalue weighted by atomic mass is 10.1. The van der Waals surface area contributed by atoms with E-state index >= 15 is 0 Å². The molecule has 0 aliphatic carbocycles. The van der Waals surface area contributed by atoms with Crippen molar-refractivity contribution >= 4 is 17.5 Å². The first-order valence-corrected chi connectivity index (χ1v) is 8.30. The molecular formula is C19H16ClN5O. The molecule has 1 aromatic heterocycles. The molecule has 0 aliphatic rings. The molecule has 0 bridgehead atoms. The van der Waals surface area contributed by atoms with E-state index in [1.807, 2.05) is 18.2 Å². The number of carbonyl (C=O) groups is 1. The van der Waals surface area contributed by atoms with Crippen molar-refractivity contribution < 1.29 is 4.79 Å². The SMILES string of the molecule is Cc1nn(-c2cccc(Cl)c2)nc1C(=O)N(C)Cc1ccc(C#N)cc1. The molecule has 2 aromatic carbocycles. The topological polar surface area (TPSA) is 74.8 Å². The van der Waals surface area contributed by atoms with Crippen LogP contribution in [0.15, 0.2) is 48.5 Å². The third-order valence-corrected chi connectivity index (χ3v) is 4.11. The van der Waals surface area contributed by atoms with Crippen molar-refractivity contribution in [2.75, 3.05) is 7.05 Å². The molecule has 0 unspecified atom stereocenters. The van der Waals surface area contributed by atoms with E-state index in [4.69, 9.17) is 16.9 Å². The van der Waals surface area contributed by atoms with Gasteiger partial charge in [0.2, 0.25) is 0 Å². The van der Waals surface area contributed by atoms with Crippen LogP contribution < -0.4 is 0 Å². The number of aryl methyl sites for hydroxylation is 1. The van der Waals surface area contributed by atoms with E-state index < -0.39 is 0 Å². The Morgan fingerprint density at radius 2 is 1.96 bits per heavy atom. The molecule has 1 amide bonds. The fourth-order valence-electron chi connectivity index (χ4n) is 2.50. The zero-order valence-electron chi connectivity index (χ0n) is 14.3. The highest BCUT2D eigenvalue weighted by atomic mass is 35.5. The van der Waals surface area contributed by atoms with Crippen LogP contribution in [0.1, 0.15) is 27.3 Å². The normalized spacial score (nSPS) is 10.4. The number of nitriles is 1. The summed E-state index contributed by atoms with van der Waals surface area (Å²) in [7, 11) is 1.71. The zero-order chi connectivity index (χ0) is 18.7. The van der Waals surface area contributed by atoms with Gasteiger partial charge in [0.05, 0.1) is 23.0 Å². The van der Waals surface area contributed by atoms with Crippen molar-refractivity contribution in [2.45, 2.75) is 13.5 Å². The lowest BCUT2D eigenvalue weighted by molar-refractivity contribution is 0.0778. The zero-order valence-corrected chi connectivity index (χ0v) is 15.1. The number of aromatic nitrogens is 3. The van der Waals surface area contributed by atoms with Gasteiger partial charge in [-0.15, -0.1) is 5.10 Å². The highest BCUT2D eigenvalue weighted by molar-refractivity contribution is 6.30. The van der Waals surface area contributed by atoms with Gasteiger partial charge in [0.25, 0.3) is 5.91 Å². The summed E-state index contributed by atoms with van der Waals surface area (Å²) in [6.07, 6.45) is 0. The van der Waals surface area contributed by atoms with E-state index in [1.165, 1.54) is 4.80 Å². The van der Waals surface area contributed by atoms with Crippen LogP contribution in [0.25, 0.3) is 5.69 Å². The van der Waals surface area contributed by atoms with Gasteiger partial charge in [-0.3, -0.25) is 4.79 Å². The maximum absolute atomic E-state index is 12.7. The summed E-state index contributed by atoms with van der Waals surface area (Å²) in [5.41, 5.74) is 3.04. The summed E-state index contributed by atoms with van der Waals surface area (Å²) < 4.78 is 0. The van der Waals surface area contributed by atoms with Gasteiger partial charge < -0.3 is 4.90 Å². The van der Waals surface area contributed by atoms with Gasteiger partial charge in [-0.05, 0) is 42.8 Å². The van der Waals surface area contributed by atoms with Gasteiger partial charge in [-0.2, -0.15) is 15.2 Å². The average molecular weight is 366 g/mol. The molecule has 0 atom stereocenters. The van der Waals surface area contributed by atoms with Crippen LogP contribution in [-0.4, -0.2) is 32.8 Å². The van der Waals surface area contributed by atoms with E-state index in [9.17, 15) is 4.79 Å². The van der Waals surface area contributed by atoms with Gasteiger partial charge in [-0.1, -0.05) is 29.8 Å². The fraction of sp³-hybridized carbons (Fsp3) is 0.158. The minimum Gasteiger partial charge on any atom is -0.336 e. The van der Waals surface area contributed by atoms with E-state index in [0.29, 0.717) is 34.2 Å². The predicted molar refractivity (Wildman–Crippen MR) is 98.1 cm³/mol. The van der Waals surface area contributed by atoms with Gasteiger partial charge >= 0.3 is 0 Å². The summed E-state index contributed by atoms with van der Waals surface area (Å²) >= 11 is 6.00. The molecule has 0 radical (unpaired) electrons. The van der Waals surface area contributed by atoms with E-state index in [1.54, 1.807) is 49.2 Å². The quantitative estimate of drug-likeness (QED) is 0.710. The number of carbonyl (C=O) groups excluding carboxylic acids is 1. The highest BCUT2D eigenvalue weighted by Gasteiger charge is 2.20. The average Bonchev–Trinajstić information content (AvgIpc) is 3.03. The van der Waals surface area contributed by atoms with Gasteiger partial charge in [0.15, 0.2) is 5.69 Å². The van der Waals surface area contributed by atoms with Gasteiger partial charge in [-0.25, -0.2) is 0 Å². The molecule has 130 valence electrons. The van der Waals surface area contributed by atoms with Crippen LogP contribution >= 0.6 is 11.6 Å². The first kappa shape index (κ1) is 17.6. The molecule has 0 saturated heterocycles. The second kappa shape index (κ2) is 7.38. The van der Waals surface area contributed by atoms with Crippen LogP contribution in [-0.2, 0) is 6.54 Å². The van der Waals surface area contributed by atoms with E-state index in [2.05, 4.69) is 16.3 Å². The molecule has 3 aromatic rings. The molecule has 0 saturated carbocycles. The Morgan fingerprint density at radius 1 is 1.23 bits per heavy atom.